The number of amides is 2. The Morgan fingerprint density at radius 1 is 1.13 bits per heavy atom. The highest BCUT2D eigenvalue weighted by Gasteiger charge is 2.16. The van der Waals surface area contributed by atoms with Crippen LogP contribution in [0, 0.1) is 0 Å². The standard InChI is InChI=1S/C16H23N3O3S/c1-2-11-17-23(21,22)15-9-7-14(8-10-15)18-16(20)19-12-5-3-4-6-13-19/h2,7-10,17H,1,3-6,11-13H2,(H,18,20). The van der Waals surface area contributed by atoms with Gasteiger partial charge in [-0.1, -0.05) is 18.9 Å². The zero-order valence-electron chi connectivity index (χ0n) is 13.1. The molecule has 1 fully saturated rings. The van der Waals surface area contributed by atoms with E-state index in [4.69, 9.17) is 0 Å². The van der Waals surface area contributed by atoms with Crippen LogP contribution in [0.25, 0.3) is 0 Å². The maximum absolute atomic E-state index is 12.2. The third-order valence-corrected chi connectivity index (χ3v) is 5.17. The molecule has 0 bridgehead atoms. The molecular formula is C16H23N3O3S. The Hall–Kier alpha value is -1.86. The molecule has 1 aliphatic rings. The van der Waals surface area contributed by atoms with E-state index in [1.165, 1.54) is 18.2 Å². The van der Waals surface area contributed by atoms with Crippen molar-refractivity contribution in [3.8, 4) is 0 Å². The first-order valence-corrected chi connectivity index (χ1v) is 9.28. The summed E-state index contributed by atoms with van der Waals surface area (Å²) in [6.07, 6.45) is 5.86. The maximum atomic E-state index is 12.2. The Bertz CT molecular complexity index is 633. The van der Waals surface area contributed by atoms with Crippen molar-refractivity contribution in [2.24, 2.45) is 0 Å². The molecule has 0 unspecified atom stereocenters. The predicted molar refractivity (Wildman–Crippen MR) is 90.9 cm³/mol. The Balaban J connectivity index is 1.99. The summed E-state index contributed by atoms with van der Waals surface area (Å²) in [5.41, 5.74) is 0.585. The van der Waals surface area contributed by atoms with Gasteiger partial charge >= 0.3 is 6.03 Å². The van der Waals surface area contributed by atoms with Crippen LogP contribution in [0.5, 0.6) is 0 Å². The van der Waals surface area contributed by atoms with Gasteiger partial charge in [-0.15, -0.1) is 6.58 Å². The molecular weight excluding hydrogens is 314 g/mol. The first-order valence-electron chi connectivity index (χ1n) is 7.79. The lowest BCUT2D eigenvalue weighted by Gasteiger charge is -2.20. The number of anilines is 1. The molecule has 0 atom stereocenters. The fourth-order valence-electron chi connectivity index (χ4n) is 2.45. The van der Waals surface area contributed by atoms with Gasteiger partial charge in [-0.25, -0.2) is 17.9 Å². The van der Waals surface area contributed by atoms with Crippen molar-refractivity contribution in [2.45, 2.75) is 30.6 Å². The van der Waals surface area contributed by atoms with Crippen LogP contribution in [0.3, 0.4) is 0 Å². The fourth-order valence-corrected chi connectivity index (χ4v) is 3.44. The van der Waals surface area contributed by atoms with E-state index in [-0.39, 0.29) is 17.5 Å². The van der Waals surface area contributed by atoms with Gasteiger partial charge in [0, 0.05) is 25.3 Å². The average Bonchev–Trinajstić information content (AvgIpc) is 2.83. The molecule has 0 saturated carbocycles. The normalized spacial score (nSPS) is 15.7. The number of benzene rings is 1. The van der Waals surface area contributed by atoms with E-state index < -0.39 is 10.0 Å². The van der Waals surface area contributed by atoms with E-state index in [1.807, 2.05) is 4.90 Å². The highest BCUT2D eigenvalue weighted by atomic mass is 32.2. The van der Waals surface area contributed by atoms with Crippen LogP contribution in [0.2, 0.25) is 0 Å². The number of rotatable bonds is 5. The number of nitrogens with zero attached hydrogens (tertiary/aromatic N) is 1. The minimum absolute atomic E-state index is 0.132. The van der Waals surface area contributed by atoms with Gasteiger partial charge in [-0.05, 0) is 37.1 Å². The summed E-state index contributed by atoms with van der Waals surface area (Å²) in [6.45, 7) is 5.19. The van der Waals surface area contributed by atoms with E-state index in [0.717, 1.165) is 38.8 Å². The largest absolute Gasteiger partial charge is 0.325 e. The van der Waals surface area contributed by atoms with E-state index in [1.54, 1.807) is 12.1 Å². The molecule has 2 amide bonds. The molecule has 1 saturated heterocycles. The Kier molecular flexibility index (Phi) is 6.18. The van der Waals surface area contributed by atoms with E-state index >= 15 is 0 Å². The minimum atomic E-state index is -3.54. The number of urea groups is 1. The zero-order valence-corrected chi connectivity index (χ0v) is 13.9. The molecule has 1 heterocycles. The Morgan fingerprint density at radius 3 is 2.30 bits per heavy atom. The SMILES string of the molecule is C=CCNS(=O)(=O)c1ccc(NC(=O)N2CCCCCC2)cc1. The Labute approximate surface area is 137 Å². The number of carbonyl (C=O) groups is 1. The second-order valence-corrected chi connectivity index (χ2v) is 7.26. The number of carbonyl (C=O) groups excluding carboxylic acids is 1. The molecule has 0 aromatic heterocycles. The summed E-state index contributed by atoms with van der Waals surface area (Å²) >= 11 is 0. The van der Waals surface area contributed by atoms with Gasteiger partial charge < -0.3 is 10.2 Å². The van der Waals surface area contributed by atoms with Gasteiger partial charge in [0.15, 0.2) is 0 Å². The molecule has 6 nitrogen and oxygen atoms in total. The lowest BCUT2D eigenvalue weighted by Crippen LogP contribution is -2.35. The van der Waals surface area contributed by atoms with Crippen molar-refractivity contribution in [3.63, 3.8) is 0 Å². The second kappa shape index (κ2) is 8.12. The van der Waals surface area contributed by atoms with Gasteiger partial charge in [0.25, 0.3) is 0 Å². The summed E-state index contributed by atoms with van der Waals surface area (Å²) in [5.74, 6) is 0. The van der Waals surface area contributed by atoms with Crippen molar-refractivity contribution < 1.29 is 13.2 Å². The quantitative estimate of drug-likeness (QED) is 0.811. The molecule has 0 spiro atoms. The lowest BCUT2D eigenvalue weighted by molar-refractivity contribution is 0.214. The van der Waals surface area contributed by atoms with Crippen LogP contribution in [-0.4, -0.2) is 39.0 Å². The van der Waals surface area contributed by atoms with Gasteiger partial charge in [-0.3, -0.25) is 0 Å². The molecule has 2 rings (SSSR count). The molecule has 2 N–H and O–H groups in total. The van der Waals surface area contributed by atoms with Crippen molar-refractivity contribution in [1.82, 2.24) is 9.62 Å². The number of hydrogen-bond donors (Lipinski definition) is 2. The van der Waals surface area contributed by atoms with Gasteiger partial charge in [-0.2, -0.15) is 0 Å². The van der Waals surface area contributed by atoms with Crippen LogP contribution in [0.1, 0.15) is 25.7 Å². The van der Waals surface area contributed by atoms with E-state index in [0.29, 0.717) is 5.69 Å². The van der Waals surface area contributed by atoms with Gasteiger partial charge in [0.1, 0.15) is 0 Å². The van der Waals surface area contributed by atoms with E-state index in [9.17, 15) is 13.2 Å². The van der Waals surface area contributed by atoms with Crippen LogP contribution >= 0.6 is 0 Å². The van der Waals surface area contributed by atoms with Crippen LogP contribution in [0.4, 0.5) is 10.5 Å². The maximum Gasteiger partial charge on any atom is 0.321 e. The first-order chi connectivity index (χ1) is 11.0. The minimum Gasteiger partial charge on any atom is -0.325 e. The highest BCUT2D eigenvalue weighted by Crippen LogP contribution is 2.16. The molecule has 23 heavy (non-hydrogen) atoms. The zero-order chi connectivity index (χ0) is 16.7. The number of nitrogens with one attached hydrogen (secondary N) is 2. The molecule has 1 aromatic rings. The predicted octanol–water partition coefficient (Wildman–Crippen LogP) is 2.56. The highest BCUT2D eigenvalue weighted by molar-refractivity contribution is 7.89. The molecule has 126 valence electrons. The number of sulfonamides is 1. The smallest absolute Gasteiger partial charge is 0.321 e. The van der Waals surface area contributed by atoms with Crippen molar-refractivity contribution >= 4 is 21.7 Å². The molecule has 1 aliphatic heterocycles. The summed E-state index contributed by atoms with van der Waals surface area (Å²) in [6, 6.07) is 6.01. The molecule has 0 radical (unpaired) electrons. The van der Waals surface area contributed by atoms with E-state index in [2.05, 4.69) is 16.6 Å². The number of likely N-dealkylation sites (tertiary alicyclic amines) is 1. The lowest BCUT2D eigenvalue weighted by atomic mass is 10.2. The summed E-state index contributed by atoms with van der Waals surface area (Å²) in [7, 11) is -3.54. The third-order valence-electron chi connectivity index (χ3n) is 3.73. The average molecular weight is 337 g/mol. The van der Waals surface area contributed by atoms with Crippen molar-refractivity contribution in [3.05, 3.63) is 36.9 Å². The van der Waals surface area contributed by atoms with Gasteiger partial charge in [0.05, 0.1) is 4.90 Å². The summed E-state index contributed by atoms with van der Waals surface area (Å²) in [5, 5.41) is 2.82. The first kappa shape index (κ1) is 17.5. The van der Waals surface area contributed by atoms with Crippen LogP contribution in [0.15, 0.2) is 41.8 Å². The fraction of sp³-hybridized carbons (Fsp3) is 0.438. The topological polar surface area (TPSA) is 78.5 Å². The van der Waals surface area contributed by atoms with Crippen LogP contribution in [-0.2, 0) is 10.0 Å². The van der Waals surface area contributed by atoms with Gasteiger partial charge in [0.2, 0.25) is 10.0 Å². The molecule has 7 heteroatoms. The van der Waals surface area contributed by atoms with Crippen molar-refractivity contribution in [2.75, 3.05) is 25.0 Å². The van der Waals surface area contributed by atoms with Crippen molar-refractivity contribution in [1.29, 1.82) is 0 Å². The third kappa shape index (κ3) is 5.07. The summed E-state index contributed by atoms with van der Waals surface area (Å²) in [4.78, 5) is 14.2. The Morgan fingerprint density at radius 2 is 1.74 bits per heavy atom. The number of hydrogen-bond acceptors (Lipinski definition) is 3. The second-order valence-electron chi connectivity index (χ2n) is 5.50. The summed E-state index contributed by atoms with van der Waals surface area (Å²) < 4.78 is 26.3. The molecule has 1 aromatic carbocycles. The monoisotopic (exact) mass is 337 g/mol. The van der Waals surface area contributed by atoms with Crippen LogP contribution < -0.4 is 10.0 Å². The molecule has 0 aliphatic carbocycles.